The summed E-state index contributed by atoms with van der Waals surface area (Å²) >= 11 is 0. The molecule has 6 nitrogen and oxygen atoms in total. The van der Waals surface area contributed by atoms with Crippen molar-refractivity contribution in [2.45, 2.75) is 149 Å². The van der Waals surface area contributed by atoms with Gasteiger partial charge in [0.15, 0.2) is 5.82 Å². The molecule has 1 atom stereocenters. The highest BCUT2D eigenvalue weighted by Gasteiger charge is 2.29. The van der Waals surface area contributed by atoms with Crippen molar-refractivity contribution < 1.29 is 4.79 Å². The van der Waals surface area contributed by atoms with Crippen molar-refractivity contribution in [1.29, 1.82) is 0 Å². The number of rotatable bonds is 21. The fourth-order valence-electron chi connectivity index (χ4n) is 5.87. The summed E-state index contributed by atoms with van der Waals surface area (Å²) in [5, 5.41) is 16.7. The second-order valence-corrected chi connectivity index (χ2v) is 12.8. The summed E-state index contributed by atoms with van der Waals surface area (Å²) in [5.41, 5.74) is 4.05. The number of nitrogens with zero attached hydrogens (tertiary/aromatic N) is 4. The van der Waals surface area contributed by atoms with E-state index < -0.39 is 5.92 Å². The highest BCUT2D eigenvalue weighted by atomic mass is 16.2. The number of amides is 1. The molecule has 0 saturated heterocycles. The monoisotopic (exact) mass is 587 g/mol. The molecular formula is C37H57N5O. The molecule has 0 spiro atoms. The minimum absolute atomic E-state index is 0.128. The van der Waals surface area contributed by atoms with Crippen LogP contribution in [-0.2, 0) is 11.3 Å². The molecule has 3 rings (SSSR count). The highest BCUT2D eigenvalue weighted by molar-refractivity contribution is 5.99. The zero-order valence-corrected chi connectivity index (χ0v) is 27.7. The number of nitrogens with one attached hydrogen (secondary N) is 1. The summed E-state index contributed by atoms with van der Waals surface area (Å²) in [6.45, 7) is 11.6. The van der Waals surface area contributed by atoms with Gasteiger partial charge < -0.3 is 5.32 Å². The number of benzene rings is 2. The van der Waals surface area contributed by atoms with Gasteiger partial charge in [0.2, 0.25) is 5.91 Å². The molecule has 2 aromatic carbocycles. The van der Waals surface area contributed by atoms with E-state index in [2.05, 4.69) is 68.4 Å². The number of aryl methyl sites for hydroxylation is 1. The first-order valence-corrected chi connectivity index (χ1v) is 17.2. The van der Waals surface area contributed by atoms with Crippen molar-refractivity contribution >= 4 is 11.6 Å². The van der Waals surface area contributed by atoms with Crippen molar-refractivity contribution in [3.8, 4) is 0 Å². The lowest BCUT2D eigenvalue weighted by molar-refractivity contribution is -0.116. The molecule has 0 aliphatic heterocycles. The molecule has 1 aromatic heterocycles. The first-order valence-electron chi connectivity index (χ1n) is 17.2. The molecule has 0 fully saturated rings. The molecule has 0 bridgehead atoms. The van der Waals surface area contributed by atoms with Crippen molar-refractivity contribution in [3.05, 3.63) is 71.0 Å². The number of para-hydroxylation sites is 1. The molecule has 0 unspecified atom stereocenters. The van der Waals surface area contributed by atoms with Crippen molar-refractivity contribution in [2.75, 3.05) is 5.32 Å². The molecule has 43 heavy (non-hydrogen) atoms. The number of anilines is 1. The normalized spacial score (nSPS) is 12.3. The largest absolute Gasteiger partial charge is 0.325 e. The van der Waals surface area contributed by atoms with Crippen molar-refractivity contribution in [1.82, 2.24) is 20.2 Å². The average Bonchev–Trinajstić information content (AvgIpc) is 3.46. The second kappa shape index (κ2) is 19.3. The van der Waals surface area contributed by atoms with Crippen LogP contribution in [-0.4, -0.2) is 26.1 Å². The number of carbonyl (C=O) groups excluding carboxylic acids is 1. The van der Waals surface area contributed by atoms with Gasteiger partial charge in [-0.1, -0.05) is 167 Å². The lowest BCUT2D eigenvalue weighted by Crippen LogP contribution is -2.25. The first-order chi connectivity index (χ1) is 20.9. The number of carbonyl (C=O) groups is 1. The minimum Gasteiger partial charge on any atom is -0.325 e. The Kier molecular flexibility index (Phi) is 15.5. The molecule has 236 valence electrons. The van der Waals surface area contributed by atoms with E-state index in [9.17, 15) is 4.79 Å². The second-order valence-electron chi connectivity index (χ2n) is 12.8. The minimum atomic E-state index is -0.633. The maximum atomic E-state index is 13.9. The Balaban J connectivity index is 1.51. The Morgan fingerprint density at radius 3 is 1.72 bits per heavy atom. The number of aromatic nitrogens is 4. The van der Waals surface area contributed by atoms with Gasteiger partial charge in [-0.25, -0.2) is 0 Å². The summed E-state index contributed by atoms with van der Waals surface area (Å²) in [6, 6.07) is 16.1. The van der Waals surface area contributed by atoms with E-state index in [0.717, 1.165) is 35.3 Å². The van der Waals surface area contributed by atoms with Crippen LogP contribution in [0.5, 0.6) is 0 Å². The van der Waals surface area contributed by atoms with Gasteiger partial charge in [-0.3, -0.25) is 4.79 Å². The zero-order valence-electron chi connectivity index (χ0n) is 27.7. The SMILES string of the molecule is CCCCCCCCCCCCCCCCn1nnc([C@@H](C(=O)Nc2c(C(C)C)cccc2C(C)C)c2ccccc2)n1. The Labute approximate surface area is 261 Å². The van der Waals surface area contributed by atoms with Gasteiger partial charge in [0.1, 0.15) is 5.92 Å². The molecule has 1 heterocycles. The number of unbranched alkanes of at least 4 members (excludes halogenated alkanes) is 13. The van der Waals surface area contributed by atoms with E-state index in [4.69, 9.17) is 5.10 Å². The maximum Gasteiger partial charge on any atom is 0.239 e. The summed E-state index contributed by atoms with van der Waals surface area (Å²) in [7, 11) is 0. The Bertz CT molecular complexity index is 1160. The van der Waals surface area contributed by atoms with Crippen LogP contribution in [0.1, 0.15) is 165 Å². The van der Waals surface area contributed by atoms with Gasteiger partial charge in [0, 0.05) is 5.69 Å². The predicted octanol–water partition coefficient (Wildman–Crippen LogP) is 10.2. The van der Waals surface area contributed by atoms with Gasteiger partial charge in [0.05, 0.1) is 6.54 Å². The summed E-state index contributed by atoms with van der Waals surface area (Å²) < 4.78 is 0. The van der Waals surface area contributed by atoms with Gasteiger partial charge in [-0.15, -0.1) is 10.2 Å². The van der Waals surface area contributed by atoms with Crippen molar-refractivity contribution in [3.63, 3.8) is 0 Å². The van der Waals surface area contributed by atoms with Gasteiger partial charge in [-0.05, 0) is 40.2 Å². The van der Waals surface area contributed by atoms with E-state index in [1.807, 2.05) is 30.3 Å². The lowest BCUT2D eigenvalue weighted by Gasteiger charge is -2.22. The molecule has 6 heteroatoms. The van der Waals surface area contributed by atoms with Gasteiger partial charge >= 0.3 is 0 Å². The Morgan fingerprint density at radius 1 is 0.698 bits per heavy atom. The molecule has 1 N–H and O–H groups in total. The van der Waals surface area contributed by atoms with E-state index in [-0.39, 0.29) is 17.7 Å². The predicted molar refractivity (Wildman–Crippen MR) is 180 cm³/mol. The van der Waals surface area contributed by atoms with E-state index in [1.54, 1.807) is 4.80 Å². The van der Waals surface area contributed by atoms with Crippen LogP contribution < -0.4 is 5.32 Å². The van der Waals surface area contributed by atoms with Crippen LogP contribution in [0.4, 0.5) is 5.69 Å². The Hall–Kier alpha value is -3.02. The standard InChI is InChI=1S/C37H57N5O/c1-6-7-8-9-10-11-12-13-14-15-16-17-18-22-28-42-40-36(39-41-42)34(31-24-20-19-21-25-31)37(43)38-35-32(29(2)3)26-23-27-33(35)30(4)5/h19-21,23-27,29-30,34H,6-18,22,28H2,1-5H3,(H,38,43)/t34-/m0/s1. The molecule has 0 saturated carbocycles. The number of hydrogen-bond donors (Lipinski definition) is 1. The molecule has 0 radical (unpaired) electrons. The van der Waals surface area contributed by atoms with Gasteiger partial charge in [0.25, 0.3) is 0 Å². The topological polar surface area (TPSA) is 72.7 Å². The molecule has 3 aromatic rings. The third-order valence-electron chi connectivity index (χ3n) is 8.45. The molecule has 0 aliphatic carbocycles. The van der Waals surface area contributed by atoms with Crippen LogP contribution in [0, 0.1) is 0 Å². The van der Waals surface area contributed by atoms with Crippen LogP contribution in [0.2, 0.25) is 0 Å². The fraction of sp³-hybridized carbons (Fsp3) is 0.622. The van der Waals surface area contributed by atoms with E-state index >= 15 is 0 Å². The lowest BCUT2D eigenvalue weighted by atomic mass is 9.91. The average molecular weight is 588 g/mol. The smallest absolute Gasteiger partial charge is 0.239 e. The summed E-state index contributed by atoms with van der Waals surface area (Å²) in [6.07, 6.45) is 18.6. The third kappa shape index (κ3) is 11.5. The summed E-state index contributed by atoms with van der Waals surface area (Å²) in [4.78, 5) is 15.6. The number of hydrogen-bond acceptors (Lipinski definition) is 4. The van der Waals surface area contributed by atoms with Crippen LogP contribution >= 0.6 is 0 Å². The van der Waals surface area contributed by atoms with Crippen molar-refractivity contribution in [2.24, 2.45) is 0 Å². The third-order valence-corrected chi connectivity index (χ3v) is 8.45. The molecule has 1 amide bonds. The highest BCUT2D eigenvalue weighted by Crippen LogP contribution is 2.34. The van der Waals surface area contributed by atoms with E-state index in [0.29, 0.717) is 5.82 Å². The molecule has 0 aliphatic rings. The fourth-order valence-corrected chi connectivity index (χ4v) is 5.87. The number of tetrazole rings is 1. The summed E-state index contributed by atoms with van der Waals surface area (Å²) in [5.74, 6) is 0.257. The van der Waals surface area contributed by atoms with Crippen LogP contribution in [0.25, 0.3) is 0 Å². The van der Waals surface area contributed by atoms with Gasteiger partial charge in [-0.2, -0.15) is 4.80 Å². The molecular weight excluding hydrogens is 530 g/mol. The quantitative estimate of drug-likeness (QED) is 0.126. The van der Waals surface area contributed by atoms with Crippen LogP contribution in [0.15, 0.2) is 48.5 Å². The van der Waals surface area contributed by atoms with E-state index in [1.165, 1.54) is 83.5 Å². The zero-order chi connectivity index (χ0) is 30.9. The maximum absolute atomic E-state index is 13.9. The Morgan fingerprint density at radius 2 is 1.21 bits per heavy atom. The first kappa shape index (κ1) is 34.5. The van der Waals surface area contributed by atoms with Crippen LogP contribution in [0.3, 0.4) is 0 Å².